The van der Waals surface area contributed by atoms with Crippen molar-refractivity contribution in [3.05, 3.63) is 16.7 Å². The minimum absolute atomic E-state index is 0.410. The molecular formula is C12H14BrN7O2. The summed E-state index contributed by atoms with van der Waals surface area (Å²) >= 11 is 3.34. The molecule has 0 unspecified atom stereocenters. The second-order valence-electron chi connectivity index (χ2n) is 4.79. The lowest BCUT2D eigenvalue weighted by Crippen LogP contribution is -2.48. The van der Waals surface area contributed by atoms with Crippen LogP contribution in [0.3, 0.4) is 0 Å². The molecule has 1 fully saturated rings. The predicted octanol–water partition coefficient (Wildman–Crippen LogP) is 0.873. The third-order valence-corrected chi connectivity index (χ3v) is 3.89. The molecule has 116 valence electrons. The Morgan fingerprint density at radius 2 is 2.05 bits per heavy atom. The fraction of sp³-hybridized carbons (Fsp3) is 0.333. The summed E-state index contributed by atoms with van der Waals surface area (Å²) in [5, 5.41) is 9.00. The van der Waals surface area contributed by atoms with Crippen molar-refractivity contribution in [1.29, 1.82) is 0 Å². The normalized spacial score (nSPS) is 15.2. The van der Waals surface area contributed by atoms with E-state index in [1.54, 1.807) is 6.20 Å². The van der Waals surface area contributed by atoms with Crippen molar-refractivity contribution >= 4 is 44.8 Å². The van der Waals surface area contributed by atoms with Gasteiger partial charge in [0.15, 0.2) is 17.3 Å². The second kappa shape index (κ2) is 5.89. The number of aromatic nitrogens is 3. The molecule has 1 saturated heterocycles. The maximum absolute atomic E-state index is 11.0. The molecule has 0 saturated carbocycles. The van der Waals surface area contributed by atoms with E-state index in [2.05, 4.69) is 36.3 Å². The number of hydrogen-bond donors (Lipinski definition) is 3. The molecule has 2 aromatic heterocycles. The van der Waals surface area contributed by atoms with Crippen LogP contribution >= 0.6 is 15.9 Å². The average Bonchev–Trinajstić information content (AvgIpc) is 2.53. The van der Waals surface area contributed by atoms with Crippen LogP contribution in [-0.2, 0) is 0 Å². The van der Waals surface area contributed by atoms with Gasteiger partial charge in [0, 0.05) is 36.8 Å². The predicted molar refractivity (Wildman–Crippen MR) is 84.7 cm³/mol. The molecule has 0 aliphatic carbocycles. The van der Waals surface area contributed by atoms with Crippen LogP contribution in [0.25, 0.3) is 11.2 Å². The number of hydrazine groups is 1. The largest absolute Gasteiger partial charge is 0.465 e. The quantitative estimate of drug-likeness (QED) is 0.528. The Morgan fingerprint density at radius 1 is 1.32 bits per heavy atom. The van der Waals surface area contributed by atoms with Gasteiger partial charge in [-0.15, -0.1) is 0 Å². The first-order chi connectivity index (χ1) is 10.6. The summed E-state index contributed by atoms with van der Waals surface area (Å²) in [5.74, 6) is 6.57. The van der Waals surface area contributed by atoms with Crippen molar-refractivity contribution in [2.24, 2.45) is 5.84 Å². The number of halogens is 1. The molecule has 0 aromatic carbocycles. The molecule has 1 aliphatic rings. The molecule has 2 aromatic rings. The van der Waals surface area contributed by atoms with E-state index in [0.29, 0.717) is 49.0 Å². The topological polar surface area (TPSA) is 120 Å². The highest BCUT2D eigenvalue weighted by Crippen LogP contribution is 2.25. The van der Waals surface area contributed by atoms with Gasteiger partial charge in [-0.2, -0.15) is 0 Å². The van der Waals surface area contributed by atoms with Crippen LogP contribution in [0.1, 0.15) is 0 Å². The van der Waals surface area contributed by atoms with E-state index in [1.165, 1.54) is 4.90 Å². The summed E-state index contributed by atoms with van der Waals surface area (Å²) in [6, 6.07) is 1.81. The molecule has 22 heavy (non-hydrogen) atoms. The Kier molecular flexibility index (Phi) is 3.94. The highest BCUT2D eigenvalue weighted by atomic mass is 79.9. The van der Waals surface area contributed by atoms with Crippen molar-refractivity contribution in [2.75, 3.05) is 36.5 Å². The summed E-state index contributed by atoms with van der Waals surface area (Å²) < 4.78 is 0.806. The summed E-state index contributed by atoms with van der Waals surface area (Å²) in [4.78, 5) is 27.4. The van der Waals surface area contributed by atoms with Crippen LogP contribution < -0.4 is 16.2 Å². The Labute approximate surface area is 134 Å². The Morgan fingerprint density at radius 3 is 2.68 bits per heavy atom. The number of pyridine rings is 1. The SMILES string of the molecule is NNc1nc2cc(Br)cnc2nc1N1CCN(C(=O)O)CC1. The highest BCUT2D eigenvalue weighted by Gasteiger charge is 2.24. The van der Waals surface area contributed by atoms with Crippen molar-refractivity contribution in [3.63, 3.8) is 0 Å². The fourth-order valence-electron chi connectivity index (χ4n) is 2.34. The van der Waals surface area contributed by atoms with Gasteiger partial charge in [0.25, 0.3) is 0 Å². The van der Waals surface area contributed by atoms with Crippen LogP contribution in [-0.4, -0.2) is 57.2 Å². The molecule has 0 atom stereocenters. The third kappa shape index (κ3) is 2.74. The third-order valence-electron chi connectivity index (χ3n) is 3.46. The number of nitrogens with zero attached hydrogens (tertiary/aromatic N) is 5. The van der Waals surface area contributed by atoms with Crippen molar-refractivity contribution in [2.45, 2.75) is 0 Å². The summed E-state index contributed by atoms with van der Waals surface area (Å²) in [6.07, 6.45) is 0.742. The Balaban J connectivity index is 1.93. The van der Waals surface area contributed by atoms with E-state index in [1.807, 2.05) is 11.0 Å². The van der Waals surface area contributed by atoms with Gasteiger partial charge in [0.2, 0.25) is 0 Å². The van der Waals surface area contributed by atoms with Crippen LogP contribution in [0.4, 0.5) is 16.4 Å². The molecule has 3 heterocycles. The molecule has 1 amide bonds. The maximum atomic E-state index is 11.0. The first-order valence-corrected chi connectivity index (χ1v) is 7.40. The first kappa shape index (κ1) is 14.7. The molecule has 9 nitrogen and oxygen atoms in total. The molecule has 0 radical (unpaired) electrons. The zero-order valence-corrected chi connectivity index (χ0v) is 13.1. The fourth-order valence-corrected chi connectivity index (χ4v) is 2.66. The van der Waals surface area contributed by atoms with E-state index in [9.17, 15) is 4.79 Å². The number of carboxylic acid groups (broad SMARTS) is 1. The number of nitrogens with one attached hydrogen (secondary N) is 1. The van der Waals surface area contributed by atoms with E-state index < -0.39 is 6.09 Å². The lowest BCUT2D eigenvalue weighted by molar-refractivity contribution is 0.142. The zero-order chi connectivity index (χ0) is 15.7. The van der Waals surface area contributed by atoms with Gasteiger partial charge in [-0.3, -0.25) is 0 Å². The van der Waals surface area contributed by atoms with Gasteiger partial charge < -0.3 is 20.3 Å². The smallest absolute Gasteiger partial charge is 0.407 e. The van der Waals surface area contributed by atoms with Gasteiger partial charge in [-0.25, -0.2) is 25.6 Å². The van der Waals surface area contributed by atoms with Crippen LogP contribution in [0.15, 0.2) is 16.7 Å². The van der Waals surface area contributed by atoms with Gasteiger partial charge in [0.1, 0.15) is 5.52 Å². The van der Waals surface area contributed by atoms with E-state index in [0.717, 1.165) is 4.47 Å². The number of nitrogen functional groups attached to an aromatic ring is 1. The van der Waals surface area contributed by atoms with E-state index in [-0.39, 0.29) is 0 Å². The molecule has 0 spiro atoms. The van der Waals surface area contributed by atoms with Gasteiger partial charge >= 0.3 is 6.09 Å². The summed E-state index contributed by atoms with van der Waals surface area (Å²) in [7, 11) is 0. The minimum Gasteiger partial charge on any atom is -0.465 e. The van der Waals surface area contributed by atoms with E-state index >= 15 is 0 Å². The van der Waals surface area contributed by atoms with Gasteiger partial charge in [-0.05, 0) is 22.0 Å². The molecule has 4 N–H and O–H groups in total. The van der Waals surface area contributed by atoms with Crippen molar-refractivity contribution in [1.82, 2.24) is 19.9 Å². The maximum Gasteiger partial charge on any atom is 0.407 e. The second-order valence-corrected chi connectivity index (χ2v) is 5.71. The Hall–Kier alpha value is -2.20. The molecule has 0 bridgehead atoms. The average molecular weight is 368 g/mol. The zero-order valence-electron chi connectivity index (χ0n) is 11.5. The van der Waals surface area contributed by atoms with Crippen molar-refractivity contribution < 1.29 is 9.90 Å². The number of rotatable bonds is 2. The van der Waals surface area contributed by atoms with Crippen LogP contribution in [0.2, 0.25) is 0 Å². The highest BCUT2D eigenvalue weighted by molar-refractivity contribution is 9.10. The molecule has 3 rings (SSSR count). The number of piperazine rings is 1. The lowest BCUT2D eigenvalue weighted by Gasteiger charge is -2.34. The number of carbonyl (C=O) groups is 1. The van der Waals surface area contributed by atoms with Crippen molar-refractivity contribution in [3.8, 4) is 0 Å². The monoisotopic (exact) mass is 367 g/mol. The summed E-state index contributed by atoms with van der Waals surface area (Å²) in [5.41, 5.74) is 3.68. The first-order valence-electron chi connectivity index (χ1n) is 6.61. The number of hydrogen-bond acceptors (Lipinski definition) is 7. The van der Waals surface area contributed by atoms with Gasteiger partial charge in [-0.1, -0.05) is 0 Å². The van der Waals surface area contributed by atoms with Crippen LogP contribution in [0.5, 0.6) is 0 Å². The minimum atomic E-state index is -0.909. The number of anilines is 2. The summed E-state index contributed by atoms with van der Waals surface area (Å²) in [6.45, 7) is 1.87. The van der Waals surface area contributed by atoms with Crippen LogP contribution in [0, 0.1) is 0 Å². The lowest BCUT2D eigenvalue weighted by atomic mass is 10.3. The molecule has 10 heteroatoms. The number of fused-ring (bicyclic) bond motifs is 1. The molecular weight excluding hydrogens is 354 g/mol. The molecule has 1 aliphatic heterocycles. The Bertz CT molecular complexity index is 718. The number of nitrogens with two attached hydrogens (primary N) is 1. The van der Waals surface area contributed by atoms with Gasteiger partial charge in [0.05, 0.1) is 0 Å². The number of amides is 1. The standard InChI is InChI=1S/C12H14BrN7O2/c13-7-5-8-9(15-6-7)17-11(10(16-8)18-14)19-1-3-20(4-2-19)12(21)22/h5-6H,1-4,14H2,(H,16,18)(H,21,22). The van der Waals surface area contributed by atoms with E-state index in [4.69, 9.17) is 10.9 Å².